The molecular formula is C11H14ClNO2. The van der Waals surface area contributed by atoms with E-state index in [0.717, 1.165) is 24.8 Å². The maximum atomic E-state index is 9.66. The molecule has 1 aromatic rings. The Labute approximate surface area is 93.8 Å². The summed E-state index contributed by atoms with van der Waals surface area (Å²) in [6.45, 7) is 0. The highest BCUT2D eigenvalue weighted by molar-refractivity contribution is 6.31. The van der Waals surface area contributed by atoms with E-state index in [-0.39, 0.29) is 11.3 Å². The largest absolute Gasteiger partial charge is 0.504 e. The van der Waals surface area contributed by atoms with Crippen molar-refractivity contribution in [2.24, 2.45) is 5.73 Å². The Morgan fingerprint density at radius 2 is 2.13 bits per heavy atom. The molecule has 0 spiro atoms. The van der Waals surface area contributed by atoms with Crippen LogP contribution in [0.3, 0.4) is 0 Å². The fraction of sp³-hybridized carbons (Fsp3) is 0.455. The number of halogens is 1. The van der Waals surface area contributed by atoms with Gasteiger partial charge in [-0.05, 0) is 30.9 Å². The van der Waals surface area contributed by atoms with Gasteiger partial charge in [0.2, 0.25) is 0 Å². The van der Waals surface area contributed by atoms with E-state index in [1.54, 1.807) is 12.1 Å². The highest BCUT2D eigenvalue weighted by Gasteiger charge is 2.36. The number of benzene rings is 1. The third kappa shape index (κ3) is 1.66. The first kappa shape index (κ1) is 10.6. The molecule has 0 saturated heterocycles. The lowest BCUT2D eigenvalue weighted by Gasteiger charge is -2.39. The van der Waals surface area contributed by atoms with Gasteiger partial charge in [-0.2, -0.15) is 0 Å². The van der Waals surface area contributed by atoms with Gasteiger partial charge >= 0.3 is 0 Å². The van der Waals surface area contributed by atoms with Crippen LogP contribution < -0.4 is 10.5 Å². The van der Waals surface area contributed by atoms with Crippen molar-refractivity contribution in [2.75, 3.05) is 7.11 Å². The number of hydrogen-bond acceptors (Lipinski definition) is 3. The van der Waals surface area contributed by atoms with Gasteiger partial charge < -0.3 is 15.6 Å². The third-order valence-electron chi connectivity index (χ3n) is 3.05. The van der Waals surface area contributed by atoms with Gasteiger partial charge in [-0.25, -0.2) is 0 Å². The molecule has 3 N–H and O–H groups in total. The first-order chi connectivity index (χ1) is 7.07. The molecule has 0 bridgehead atoms. The summed E-state index contributed by atoms with van der Waals surface area (Å²) in [4.78, 5) is 0. The molecule has 15 heavy (non-hydrogen) atoms. The number of hydrogen-bond donors (Lipinski definition) is 2. The summed E-state index contributed by atoms with van der Waals surface area (Å²) < 4.78 is 4.97. The van der Waals surface area contributed by atoms with Gasteiger partial charge in [-0.3, -0.25) is 0 Å². The van der Waals surface area contributed by atoms with Crippen molar-refractivity contribution in [3.05, 3.63) is 22.7 Å². The fourth-order valence-corrected chi connectivity index (χ4v) is 2.26. The SMILES string of the molecule is COc1cc(Cl)c(C2(N)CCC2)cc1O. The van der Waals surface area contributed by atoms with Crippen LogP contribution in [0.5, 0.6) is 11.5 Å². The van der Waals surface area contributed by atoms with Crippen molar-refractivity contribution in [1.29, 1.82) is 0 Å². The van der Waals surface area contributed by atoms with E-state index in [0.29, 0.717) is 10.8 Å². The first-order valence-corrected chi connectivity index (χ1v) is 5.30. The van der Waals surface area contributed by atoms with Crippen molar-refractivity contribution in [1.82, 2.24) is 0 Å². The third-order valence-corrected chi connectivity index (χ3v) is 3.36. The lowest BCUT2D eigenvalue weighted by Crippen LogP contribution is -2.43. The number of methoxy groups -OCH3 is 1. The average molecular weight is 228 g/mol. The summed E-state index contributed by atoms with van der Waals surface area (Å²) in [6.07, 6.45) is 2.94. The molecule has 2 rings (SSSR count). The first-order valence-electron chi connectivity index (χ1n) is 4.93. The van der Waals surface area contributed by atoms with Gasteiger partial charge in [0.25, 0.3) is 0 Å². The summed E-state index contributed by atoms with van der Waals surface area (Å²) >= 11 is 6.11. The molecule has 0 aliphatic heterocycles. The number of ether oxygens (including phenoxy) is 1. The van der Waals surface area contributed by atoms with E-state index in [2.05, 4.69) is 0 Å². The molecule has 1 aliphatic rings. The number of phenolic OH excluding ortho intramolecular Hbond substituents is 1. The number of aromatic hydroxyl groups is 1. The van der Waals surface area contributed by atoms with Crippen LogP contribution in [0.25, 0.3) is 0 Å². The maximum absolute atomic E-state index is 9.66. The second-order valence-corrected chi connectivity index (χ2v) is 4.42. The molecule has 1 fully saturated rings. The van der Waals surface area contributed by atoms with Crippen molar-refractivity contribution in [2.45, 2.75) is 24.8 Å². The van der Waals surface area contributed by atoms with Crippen LogP contribution in [0.4, 0.5) is 0 Å². The van der Waals surface area contributed by atoms with E-state index in [9.17, 15) is 5.11 Å². The molecule has 0 unspecified atom stereocenters. The van der Waals surface area contributed by atoms with Crippen LogP contribution in [0.1, 0.15) is 24.8 Å². The minimum absolute atomic E-state index is 0.0913. The Morgan fingerprint density at radius 1 is 1.47 bits per heavy atom. The van der Waals surface area contributed by atoms with E-state index in [1.165, 1.54) is 7.11 Å². The van der Waals surface area contributed by atoms with Crippen LogP contribution in [0.15, 0.2) is 12.1 Å². The van der Waals surface area contributed by atoms with Gasteiger partial charge in [0.1, 0.15) is 0 Å². The maximum Gasteiger partial charge on any atom is 0.161 e. The fourth-order valence-electron chi connectivity index (χ4n) is 1.92. The number of phenols is 1. The van der Waals surface area contributed by atoms with Gasteiger partial charge in [0.05, 0.1) is 7.11 Å². The van der Waals surface area contributed by atoms with Crippen LogP contribution >= 0.6 is 11.6 Å². The molecule has 0 atom stereocenters. The minimum atomic E-state index is -0.360. The Bertz CT molecular complexity index is 388. The predicted octanol–water partition coefficient (Wildman–Crippen LogP) is 2.39. The highest BCUT2D eigenvalue weighted by Crippen LogP contribution is 2.44. The van der Waals surface area contributed by atoms with Gasteiger partial charge in [-0.15, -0.1) is 0 Å². The zero-order valence-electron chi connectivity index (χ0n) is 8.59. The molecule has 0 heterocycles. The summed E-state index contributed by atoms with van der Waals surface area (Å²) in [7, 11) is 1.49. The second-order valence-electron chi connectivity index (χ2n) is 4.01. The van der Waals surface area contributed by atoms with Crippen molar-refractivity contribution < 1.29 is 9.84 Å². The Kier molecular flexibility index (Phi) is 2.52. The van der Waals surface area contributed by atoms with Gasteiger partial charge in [0.15, 0.2) is 11.5 Å². The van der Waals surface area contributed by atoms with Crippen LogP contribution in [0, 0.1) is 0 Å². The van der Waals surface area contributed by atoms with Crippen LogP contribution in [0.2, 0.25) is 5.02 Å². The number of nitrogens with two attached hydrogens (primary N) is 1. The molecular weight excluding hydrogens is 214 g/mol. The quantitative estimate of drug-likeness (QED) is 0.816. The van der Waals surface area contributed by atoms with E-state index in [4.69, 9.17) is 22.1 Å². The zero-order chi connectivity index (χ0) is 11.1. The van der Waals surface area contributed by atoms with Crippen molar-refractivity contribution in [3.8, 4) is 11.5 Å². The monoisotopic (exact) mass is 227 g/mol. The Hall–Kier alpha value is -0.930. The topological polar surface area (TPSA) is 55.5 Å². The normalized spacial score (nSPS) is 18.3. The minimum Gasteiger partial charge on any atom is -0.504 e. The molecule has 4 heteroatoms. The van der Waals surface area contributed by atoms with Crippen LogP contribution in [-0.4, -0.2) is 12.2 Å². The highest BCUT2D eigenvalue weighted by atomic mass is 35.5. The molecule has 0 radical (unpaired) electrons. The van der Waals surface area contributed by atoms with E-state index >= 15 is 0 Å². The van der Waals surface area contributed by atoms with Crippen molar-refractivity contribution >= 4 is 11.6 Å². The molecule has 0 aromatic heterocycles. The lowest BCUT2D eigenvalue weighted by atomic mass is 9.72. The molecule has 3 nitrogen and oxygen atoms in total. The predicted molar refractivity (Wildman–Crippen MR) is 59.4 cm³/mol. The number of rotatable bonds is 2. The Balaban J connectivity index is 2.45. The van der Waals surface area contributed by atoms with Gasteiger partial charge in [0, 0.05) is 16.6 Å². The van der Waals surface area contributed by atoms with E-state index < -0.39 is 0 Å². The Morgan fingerprint density at radius 3 is 2.60 bits per heavy atom. The summed E-state index contributed by atoms with van der Waals surface area (Å²) in [6, 6.07) is 3.22. The second kappa shape index (κ2) is 3.58. The standard InChI is InChI=1S/C11H14ClNO2/c1-15-10-6-8(12)7(5-9(10)14)11(13)3-2-4-11/h5-6,14H,2-4,13H2,1H3. The van der Waals surface area contributed by atoms with Crippen LogP contribution in [-0.2, 0) is 5.54 Å². The molecule has 1 aromatic carbocycles. The lowest BCUT2D eigenvalue weighted by molar-refractivity contribution is 0.252. The molecule has 82 valence electrons. The summed E-state index contributed by atoms with van der Waals surface area (Å²) in [5.41, 5.74) is 6.60. The molecule has 1 aliphatic carbocycles. The molecule has 0 amide bonds. The average Bonchev–Trinajstić information content (AvgIpc) is 2.17. The zero-order valence-corrected chi connectivity index (χ0v) is 9.34. The summed E-state index contributed by atoms with van der Waals surface area (Å²) in [5.74, 6) is 0.472. The van der Waals surface area contributed by atoms with Crippen molar-refractivity contribution in [3.63, 3.8) is 0 Å². The smallest absolute Gasteiger partial charge is 0.161 e. The van der Waals surface area contributed by atoms with Gasteiger partial charge in [-0.1, -0.05) is 11.6 Å². The molecule has 1 saturated carbocycles. The summed E-state index contributed by atoms with van der Waals surface area (Å²) in [5, 5.41) is 10.2. The van der Waals surface area contributed by atoms with E-state index in [1.807, 2.05) is 0 Å².